The smallest absolute Gasteiger partial charge is 0.278 e. The number of aromatic nitrogens is 1. The molecule has 0 fully saturated rings. The van der Waals surface area contributed by atoms with Crippen LogP contribution in [0.15, 0.2) is 10.6 Å². The van der Waals surface area contributed by atoms with Gasteiger partial charge in [0.15, 0.2) is 5.69 Å². The van der Waals surface area contributed by atoms with Crippen LogP contribution in [0.5, 0.6) is 0 Å². The number of aryl methyl sites for hydroxylation is 1. The zero-order valence-corrected chi connectivity index (χ0v) is 16.6. The van der Waals surface area contributed by atoms with E-state index in [4.69, 9.17) is 4.52 Å². The minimum atomic E-state index is -0.321. The van der Waals surface area contributed by atoms with Crippen molar-refractivity contribution in [3.63, 3.8) is 0 Å². The SMILES string of the molecule is CCCc1cc(C(=O)Nc2sc3c(c2C#N)CC[C@H](C(C)(C)C)C3)no1. The number of nitrogens with one attached hydrogen (secondary N) is 1. The molecule has 6 heteroatoms. The maximum absolute atomic E-state index is 12.5. The number of hydrogen-bond donors (Lipinski definition) is 1. The van der Waals surface area contributed by atoms with E-state index in [9.17, 15) is 10.1 Å². The van der Waals surface area contributed by atoms with Crippen LogP contribution in [0.2, 0.25) is 0 Å². The van der Waals surface area contributed by atoms with E-state index in [1.165, 1.54) is 16.2 Å². The third-order valence-electron chi connectivity index (χ3n) is 5.12. The van der Waals surface area contributed by atoms with E-state index in [2.05, 4.69) is 37.3 Å². The summed E-state index contributed by atoms with van der Waals surface area (Å²) in [5.74, 6) is 0.978. The van der Waals surface area contributed by atoms with Gasteiger partial charge in [0.05, 0.1) is 5.56 Å². The van der Waals surface area contributed by atoms with Crippen LogP contribution in [-0.4, -0.2) is 11.1 Å². The third kappa shape index (κ3) is 3.68. The second-order valence-corrected chi connectivity index (χ2v) is 9.11. The van der Waals surface area contributed by atoms with Crippen LogP contribution in [0.1, 0.15) is 72.8 Å². The molecule has 2 aromatic rings. The Kier molecular flexibility index (Phi) is 5.19. The summed E-state index contributed by atoms with van der Waals surface area (Å²) >= 11 is 1.53. The lowest BCUT2D eigenvalue weighted by Gasteiger charge is -2.33. The topological polar surface area (TPSA) is 78.9 Å². The van der Waals surface area contributed by atoms with E-state index >= 15 is 0 Å². The average Bonchev–Trinajstić information content (AvgIpc) is 3.17. The van der Waals surface area contributed by atoms with Gasteiger partial charge in [-0.05, 0) is 42.6 Å². The van der Waals surface area contributed by atoms with Gasteiger partial charge in [-0.15, -0.1) is 11.3 Å². The Morgan fingerprint density at radius 1 is 1.50 bits per heavy atom. The molecular formula is C20H25N3O2S. The summed E-state index contributed by atoms with van der Waals surface area (Å²) in [6, 6.07) is 3.97. The van der Waals surface area contributed by atoms with Crippen molar-refractivity contribution in [1.29, 1.82) is 5.26 Å². The van der Waals surface area contributed by atoms with Gasteiger partial charge < -0.3 is 9.84 Å². The fourth-order valence-electron chi connectivity index (χ4n) is 3.48. The molecule has 2 heterocycles. The van der Waals surface area contributed by atoms with E-state index in [1.54, 1.807) is 6.07 Å². The second kappa shape index (κ2) is 7.24. The first-order valence-corrected chi connectivity index (χ1v) is 9.96. The summed E-state index contributed by atoms with van der Waals surface area (Å²) in [6.45, 7) is 8.84. The zero-order chi connectivity index (χ0) is 18.9. The summed E-state index contributed by atoms with van der Waals surface area (Å²) in [4.78, 5) is 13.7. The number of thiophene rings is 1. The Hall–Kier alpha value is -2.13. The lowest BCUT2D eigenvalue weighted by molar-refractivity contribution is 0.101. The van der Waals surface area contributed by atoms with Crippen molar-refractivity contribution in [2.45, 2.75) is 59.8 Å². The summed E-state index contributed by atoms with van der Waals surface area (Å²) in [5.41, 5.74) is 2.23. The highest BCUT2D eigenvalue weighted by Crippen LogP contribution is 2.44. The van der Waals surface area contributed by atoms with E-state index in [0.717, 1.165) is 37.7 Å². The molecule has 0 aromatic carbocycles. The number of carbonyl (C=O) groups excluding carboxylic acids is 1. The van der Waals surface area contributed by atoms with Crippen LogP contribution in [-0.2, 0) is 19.3 Å². The molecule has 5 nitrogen and oxygen atoms in total. The highest BCUT2D eigenvalue weighted by molar-refractivity contribution is 7.16. The van der Waals surface area contributed by atoms with Gasteiger partial charge in [0.25, 0.3) is 5.91 Å². The fraction of sp³-hybridized carbons (Fsp3) is 0.550. The molecule has 0 spiro atoms. The quantitative estimate of drug-likeness (QED) is 0.823. The van der Waals surface area contributed by atoms with Gasteiger partial charge in [-0.25, -0.2) is 0 Å². The van der Waals surface area contributed by atoms with Gasteiger partial charge in [-0.2, -0.15) is 5.26 Å². The molecule has 1 aliphatic rings. The second-order valence-electron chi connectivity index (χ2n) is 8.01. The van der Waals surface area contributed by atoms with Gasteiger partial charge in [-0.1, -0.05) is 32.9 Å². The number of nitrogens with zero attached hydrogens (tertiary/aromatic N) is 2. The Morgan fingerprint density at radius 3 is 2.92 bits per heavy atom. The molecule has 1 amide bonds. The highest BCUT2D eigenvalue weighted by Gasteiger charge is 2.32. The molecule has 0 radical (unpaired) electrons. The predicted octanol–water partition coefficient (Wildman–Crippen LogP) is 4.96. The molecule has 1 atom stereocenters. The minimum absolute atomic E-state index is 0.244. The molecule has 0 saturated heterocycles. The molecule has 0 aliphatic heterocycles. The van der Waals surface area contributed by atoms with Crippen molar-refractivity contribution in [1.82, 2.24) is 5.16 Å². The van der Waals surface area contributed by atoms with E-state index in [1.807, 2.05) is 6.92 Å². The molecule has 26 heavy (non-hydrogen) atoms. The first-order valence-electron chi connectivity index (χ1n) is 9.15. The number of amides is 1. The molecule has 0 bridgehead atoms. The summed E-state index contributed by atoms with van der Waals surface area (Å²) in [5, 5.41) is 17.0. The monoisotopic (exact) mass is 371 g/mol. The summed E-state index contributed by atoms with van der Waals surface area (Å²) in [7, 11) is 0. The van der Waals surface area contributed by atoms with Gasteiger partial charge in [0.1, 0.15) is 16.8 Å². The maximum atomic E-state index is 12.5. The number of nitriles is 1. The molecular weight excluding hydrogens is 346 g/mol. The fourth-order valence-corrected chi connectivity index (χ4v) is 4.76. The van der Waals surface area contributed by atoms with Gasteiger partial charge in [-0.3, -0.25) is 4.79 Å². The van der Waals surface area contributed by atoms with Gasteiger partial charge >= 0.3 is 0 Å². The number of anilines is 1. The van der Waals surface area contributed by atoms with E-state index in [0.29, 0.717) is 22.2 Å². The van der Waals surface area contributed by atoms with Crippen molar-refractivity contribution in [3.05, 3.63) is 33.5 Å². The molecule has 1 aliphatic carbocycles. The Morgan fingerprint density at radius 2 is 2.27 bits per heavy atom. The Balaban J connectivity index is 1.82. The number of hydrogen-bond acceptors (Lipinski definition) is 5. The van der Waals surface area contributed by atoms with Crippen LogP contribution in [0, 0.1) is 22.7 Å². The van der Waals surface area contributed by atoms with Crippen molar-refractivity contribution in [3.8, 4) is 6.07 Å². The molecule has 3 rings (SSSR count). The number of carbonyl (C=O) groups is 1. The standard InChI is InChI=1S/C20H25N3O2S/c1-5-6-13-10-16(23-25-13)18(24)22-19-15(11-21)14-8-7-12(20(2,3)4)9-17(14)26-19/h10,12H,5-9H2,1-4H3,(H,22,24)/t12-/m0/s1. The van der Waals surface area contributed by atoms with Gasteiger partial charge in [0, 0.05) is 17.4 Å². The highest BCUT2D eigenvalue weighted by atomic mass is 32.1. The van der Waals surface area contributed by atoms with Crippen molar-refractivity contribution in [2.75, 3.05) is 5.32 Å². The Bertz CT molecular complexity index is 852. The first kappa shape index (κ1) is 18.7. The van der Waals surface area contributed by atoms with Crippen LogP contribution >= 0.6 is 11.3 Å². The summed E-state index contributed by atoms with van der Waals surface area (Å²) in [6.07, 6.45) is 4.64. The van der Waals surface area contributed by atoms with Gasteiger partial charge in [0.2, 0.25) is 0 Å². The lowest BCUT2D eigenvalue weighted by Crippen LogP contribution is -2.26. The van der Waals surface area contributed by atoms with Crippen LogP contribution in [0.25, 0.3) is 0 Å². The predicted molar refractivity (Wildman–Crippen MR) is 102 cm³/mol. The molecule has 0 unspecified atom stereocenters. The van der Waals surface area contributed by atoms with Crippen LogP contribution in [0.4, 0.5) is 5.00 Å². The first-order chi connectivity index (χ1) is 12.3. The normalized spacial score (nSPS) is 16.8. The van der Waals surface area contributed by atoms with E-state index in [-0.39, 0.29) is 17.0 Å². The van der Waals surface area contributed by atoms with Crippen molar-refractivity contribution in [2.24, 2.45) is 11.3 Å². The molecule has 138 valence electrons. The number of rotatable bonds is 4. The van der Waals surface area contributed by atoms with Crippen molar-refractivity contribution >= 4 is 22.2 Å². The van der Waals surface area contributed by atoms with Crippen molar-refractivity contribution < 1.29 is 9.32 Å². The Labute approximate surface area is 158 Å². The molecule has 2 aromatic heterocycles. The van der Waals surface area contributed by atoms with Crippen LogP contribution < -0.4 is 5.32 Å². The average molecular weight is 372 g/mol. The largest absolute Gasteiger partial charge is 0.361 e. The number of fused-ring (bicyclic) bond motifs is 1. The zero-order valence-electron chi connectivity index (χ0n) is 15.8. The maximum Gasteiger partial charge on any atom is 0.278 e. The summed E-state index contributed by atoms with van der Waals surface area (Å²) < 4.78 is 5.18. The third-order valence-corrected chi connectivity index (χ3v) is 6.29. The van der Waals surface area contributed by atoms with E-state index < -0.39 is 0 Å². The lowest BCUT2D eigenvalue weighted by atomic mass is 9.72. The van der Waals surface area contributed by atoms with Crippen LogP contribution in [0.3, 0.4) is 0 Å². The molecule has 0 saturated carbocycles. The molecule has 1 N–H and O–H groups in total. The minimum Gasteiger partial charge on any atom is -0.361 e.